The predicted octanol–water partition coefficient (Wildman–Crippen LogP) is 2.65. The van der Waals surface area contributed by atoms with Crippen LogP contribution in [0.5, 0.6) is 0 Å². The van der Waals surface area contributed by atoms with E-state index in [-0.39, 0.29) is 11.8 Å². The molecule has 1 fully saturated rings. The van der Waals surface area contributed by atoms with E-state index in [1.54, 1.807) is 12.4 Å². The molecular weight excluding hydrogens is 352 g/mol. The second-order valence-electron chi connectivity index (χ2n) is 6.49. The lowest BCUT2D eigenvalue weighted by atomic mass is 9.92. The quantitative estimate of drug-likeness (QED) is 0.714. The number of amides is 1. The molecular formula is C17H20N6O2S. The first kappa shape index (κ1) is 16.9. The van der Waals surface area contributed by atoms with Crippen LogP contribution in [-0.2, 0) is 4.79 Å². The number of hydrogen-bond donors (Lipinski definition) is 2. The maximum Gasteiger partial charge on any atom is 0.240 e. The Hall–Kier alpha value is -2.52. The van der Waals surface area contributed by atoms with Crippen molar-refractivity contribution in [3.8, 4) is 11.3 Å². The van der Waals surface area contributed by atoms with Crippen LogP contribution in [0, 0.1) is 6.92 Å². The van der Waals surface area contributed by atoms with Crippen LogP contribution in [-0.4, -0.2) is 50.8 Å². The number of nitrogens with one attached hydrogen (secondary N) is 2. The number of likely N-dealkylation sites (tertiary alicyclic amines) is 1. The van der Waals surface area contributed by atoms with Crippen molar-refractivity contribution in [2.24, 2.45) is 0 Å². The van der Waals surface area contributed by atoms with E-state index in [2.05, 4.69) is 30.6 Å². The van der Waals surface area contributed by atoms with E-state index in [1.165, 1.54) is 11.3 Å². The van der Waals surface area contributed by atoms with E-state index in [0.717, 1.165) is 48.6 Å². The third kappa shape index (κ3) is 3.68. The summed E-state index contributed by atoms with van der Waals surface area (Å²) in [4.78, 5) is 18.5. The summed E-state index contributed by atoms with van der Waals surface area (Å²) in [6.45, 7) is 3.97. The fourth-order valence-corrected chi connectivity index (χ4v) is 3.92. The van der Waals surface area contributed by atoms with Crippen molar-refractivity contribution < 1.29 is 9.32 Å². The highest BCUT2D eigenvalue weighted by Crippen LogP contribution is 2.33. The Labute approximate surface area is 154 Å². The molecule has 8 nitrogen and oxygen atoms in total. The van der Waals surface area contributed by atoms with Gasteiger partial charge in [0.25, 0.3) is 0 Å². The molecule has 1 amide bonds. The summed E-state index contributed by atoms with van der Waals surface area (Å²) >= 11 is 1.42. The van der Waals surface area contributed by atoms with Gasteiger partial charge < -0.3 is 9.84 Å². The molecule has 3 aromatic heterocycles. The standard InChI is InChI=1S/C17H20N6O2S/c1-11-7-14(25-22-11)13-8-19-21-16(13)12-3-2-5-23(9-12)10-15(24)20-17-18-4-6-26-17/h4,6-8,12H,2-3,5,9-10H2,1H3,(H,19,21)(H,18,20,24)/t12-/m1/s1. The van der Waals surface area contributed by atoms with Gasteiger partial charge in [-0.2, -0.15) is 5.10 Å². The molecule has 0 aromatic carbocycles. The van der Waals surface area contributed by atoms with Crippen molar-refractivity contribution >= 4 is 22.4 Å². The van der Waals surface area contributed by atoms with Crippen LogP contribution >= 0.6 is 11.3 Å². The van der Waals surface area contributed by atoms with Crippen molar-refractivity contribution in [1.29, 1.82) is 0 Å². The molecule has 26 heavy (non-hydrogen) atoms. The number of carbonyl (C=O) groups excluding carboxylic acids is 1. The zero-order valence-corrected chi connectivity index (χ0v) is 15.3. The first-order valence-electron chi connectivity index (χ1n) is 8.57. The van der Waals surface area contributed by atoms with Crippen molar-refractivity contribution in [2.75, 3.05) is 25.0 Å². The lowest BCUT2D eigenvalue weighted by molar-refractivity contribution is -0.117. The molecule has 2 N–H and O–H groups in total. The monoisotopic (exact) mass is 372 g/mol. The average molecular weight is 372 g/mol. The van der Waals surface area contributed by atoms with Crippen LogP contribution in [0.25, 0.3) is 11.3 Å². The van der Waals surface area contributed by atoms with Crippen LogP contribution in [0.1, 0.15) is 30.1 Å². The van der Waals surface area contributed by atoms with E-state index in [4.69, 9.17) is 4.52 Å². The highest BCUT2D eigenvalue weighted by Gasteiger charge is 2.27. The first-order chi connectivity index (χ1) is 12.7. The second kappa shape index (κ2) is 7.38. The Morgan fingerprint density at radius 1 is 1.54 bits per heavy atom. The fourth-order valence-electron chi connectivity index (χ4n) is 3.38. The van der Waals surface area contributed by atoms with Gasteiger partial charge in [-0.1, -0.05) is 5.16 Å². The number of aromatic amines is 1. The smallest absolute Gasteiger partial charge is 0.240 e. The minimum Gasteiger partial charge on any atom is -0.356 e. The molecule has 1 atom stereocenters. The van der Waals surface area contributed by atoms with Gasteiger partial charge in [-0.15, -0.1) is 11.3 Å². The maximum absolute atomic E-state index is 12.2. The van der Waals surface area contributed by atoms with Crippen LogP contribution in [0.4, 0.5) is 5.13 Å². The first-order valence-corrected chi connectivity index (χ1v) is 9.45. The number of H-pyrrole nitrogens is 1. The molecule has 0 unspecified atom stereocenters. The third-order valence-corrected chi connectivity index (χ3v) is 5.21. The molecule has 1 aliphatic heterocycles. The van der Waals surface area contributed by atoms with Gasteiger partial charge in [0, 0.05) is 30.1 Å². The Morgan fingerprint density at radius 2 is 2.46 bits per heavy atom. The predicted molar refractivity (Wildman–Crippen MR) is 98.0 cm³/mol. The van der Waals surface area contributed by atoms with Crippen LogP contribution < -0.4 is 5.32 Å². The highest BCUT2D eigenvalue weighted by molar-refractivity contribution is 7.13. The Morgan fingerprint density at radius 3 is 3.23 bits per heavy atom. The van der Waals surface area contributed by atoms with Gasteiger partial charge in [-0.3, -0.25) is 14.8 Å². The van der Waals surface area contributed by atoms with Crippen molar-refractivity contribution in [1.82, 2.24) is 25.2 Å². The van der Waals surface area contributed by atoms with E-state index >= 15 is 0 Å². The zero-order chi connectivity index (χ0) is 17.9. The average Bonchev–Trinajstić information content (AvgIpc) is 3.36. The molecule has 3 aromatic rings. The molecule has 0 radical (unpaired) electrons. The SMILES string of the molecule is Cc1cc(-c2cn[nH]c2[C@@H]2CCCN(CC(=O)Nc3nccs3)C2)on1. The van der Waals surface area contributed by atoms with Gasteiger partial charge in [-0.05, 0) is 26.3 Å². The fraction of sp³-hybridized carbons (Fsp3) is 0.412. The number of nitrogens with zero attached hydrogens (tertiary/aromatic N) is 4. The molecule has 9 heteroatoms. The summed E-state index contributed by atoms with van der Waals surface area (Å²) in [5.41, 5.74) is 2.84. The number of aryl methyl sites for hydroxylation is 1. The molecule has 0 aliphatic carbocycles. The maximum atomic E-state index is 12.2. The molecule has 4 heterocycles. The summed E-state index contributed by atoms with van der Waals surface area (Å²) in [5, 5.41) is 16.6. The van der Waals surface area contributed by atoms with Gasteiger partial charge in [0.15, 0.2) is 10.9 Å². The van der Waals surface area contributed by atoms with Crippen LogP contribution in [0.3, 0.4) is 0 Å². The van der Waals surface area contributed by atoms with Gasteiger partial charge in [0.2, 0.25) is 5.91 Å². The minimum absolute atomic E-state index is 0.0312. The number of thiazole rings is 1. The highest BCUT2D eigenvalue weighted by atomic mass is 32.1. The summed E-state index contributed by atoms with van der Waals surface area (Å²) in [7, 11) is 0. The molecule has 4 rings (SSSR count). The number of carbonyl (C=O) groups is 1. The normalized spacial score (nSPS) is 18.1. The molecule has 0 saturated carbocycles. The molecule has 0 spiro atoms. The van der Waals surface area contributed by atoms with E-state index < -0.39 is 0 Å². The zero-order valence-electron chi connectivity index (χ0n) is 14.4. The molecule has 0 bridgehead atoms. The van der Waals surface area contributed by atoms with Gasteiger partial charge in [0.05, 0.1) is 29.7 Å². The van der Waals surface area contributed by atoms with Crippen LogP contribution in [0.2, 0.25) is 0 Å². The number of aromatic nitrogens is 4. The van der Waals surface area contributed by atoms with Crippen molar-refractivity contribution in [2.45, 2.75) is 25.7 Å². The van der Waals surface area contributed by atoms with Crippen molar-refractivity contribution in [3.05, 3.63) is 35.2 Å². The molecule has 136 valence electrons. The summed E-state index contributed by atoms with van der Waals surface area (Å²) in [6, 6.07) is 1.91. The summed E-state index contributed by atoms with van der Waals surface area (Å²) in [5.74, 6) is 0.973. The number of hydrogen-bond acceptors (Lipinski definition) is 7. The van der Waals surface area contributed by atoms with Gasteiger partial charge in [-0.25, -0.2) is 4.98 Å². The molecule has 1 aliphatic rings. The topological polar surface area (TPSA) is 99.9 Å². The van der Waals surface area contributed by atoms with Gasteiger partial charge >= 0.3 is 0 Å². The lowest BCUT2D eigenvalue weighted by Crippen LogP contribution is -2.40. The summed E-state index contributed by atoms with van der Waals surface area (Å²) in [6.07, 6.45) is 5.54. The number of piperidine rings is 1. The molecule has 1 saturated heterocycles. The Bertz CT molecular complexity index is 872. The Kier molecular flexibility index (Phi) is 4.81. The van der Waals surface area contributed by atoms with Crippen LogP contribution in [0.15, 0.2) is 28.4 Å². The van der Waals surface area contributed by atoms with E-state index in [1.807, 2.05) is 18.4 Å². The summed E-state index contributed by atoms with van der Waals surface area (Å²) < 4.78 is 5.40. The minimum atomic E-state index is -0.0312. The number of anilines is 1. The second-order valence-corrected chi connectivity index (χ2v) is 7.38. The lowest BCUT2D eigenvalue weighted by Gasteiger charge is -2.31. The third-order valence-electron chi connectivity index (χ3n) is 4.52. The van der Waals surface area contributed by atoms with E-state index in [9.17, 15) is 4.79 Å². The number of rotatable bonds is 5. The largest absolute Gasteiger partial charge is 0.356 e. The Balaban J connectivity index is 1.43. The van der Waals surface area contributed by atoms with Gasteiger partial charge in [0.1, 0.15) is 0 Å². The van der Waals surface area contributed by atoms with E-state index in [0.29, 0.717) is 11.7 Å². The van der Waals surface area contributed by atoms with Crippen molar-refractivity contribution in [3.63, 3.8) is 0 Å².